The Balaban J connectivity index is 1.84. The summed E-state index contributed by atoms with van der Waals surface area (Å²) in [7, 11) is 0. The minimum atomic E-state index is -0.195. The van der Waals surface area contributed by atoms with Crippen LogP contribution < -0.4 is 10.1 Å². The van der Waals surface area contributed by atoms with Crippen molar-refractivity contribution in [3.63, 3.8) is 0 Å². The second-order valence-electron chi connectivity index (χ2n) is 4.69. The van der Waals surface area contributed by atoms with Gasteiger partial charge in [0.15, 0.2) is 0 Å². The molecule has 0 saturated heterocycles. The third kappa shape index (κ3) is 3.36. The molecule has 0 spiro atoms. The highest BCUT2D eigenvalue weighted by molar-refractivity contribution is 6.17. The molecule has 0 radical (unpaired) electrons. The van der Waals surface area contributed by atoms with Crippen LogP contribution >= 0.6 is 11.6 Å². The van der Waals surface area contributed by atoms with E-state index in [-0.39, 0.29) is 11.9 Å². The first-order valence-corrected chi connectivity index (χ1v) is 7.00. The quantitative estimate of drug-likeness (QED) is 0.803. The van der Waals surface area contributed by atoms with Gasteiger partial charge in [0.1, 0.15) is 17.7 Å². The van der Waals surface area contributed by atoms with Gasteiger partial charge in [-0.15, -0.1) is 11.6 Å². The van der Waals surface area contributed by atoms with Crippen LogP contribution in [-0.4, -0.2) is 24.6 Å². The summed E-state index contributed by atoms with van der Waals surface area (Å²) in [5.41, 5.74) is 0.965. The van der Waals surface area contributed by atoms with Crippen LogP contribution in [0.3, 0.4) is 0 Å². The summed E-state index contributed by atoms with van der Waals surface area (Å²) in [5.74, 6) is 1.29. The zero-order chi connectivity index (χ0) is 13.0. The minimum Gasteiger partial charge on any atom is -0.488 e. The molecule has 0 amide bonds. The van der Waals surface area contributed by atoms with Gasteiger partial charge in [0.05, 0.1) is 0 Å². The fraction of sp³-hybridized carbons (Fsp3) is 0.571. The van der Waals surface area contributed by atoms with Crippen LogP contribution in [0.15, 0.2) is 18.2 Å². The Morgan fingerprint density at radius 1 is 1.56 bits per heavy atom. The molecule has 2 unspecified atom stereocenters. The Kier molecular flexibility index (Phi) is 4.84. The predicted octanol–water partition coefficient (Wildman–Crippen LogP) is 3.13. The molecule has 1 aliphatic rings. The van der Waals surface area contributed by atoms with Crippen molar-refractivity contribution in [2.24, 2.45) is 0 Å². The zero-order valence-corrected chi connectivity index (χ0v) is 11.3. The predicted molar refractivity (Wildman–Crippen MR) is 71.9 cm³/mol. The Hall–Kier alpha value is -0.800. The molecule has 0 aromatic heterocycles. The lowest BCUT2D eigenvalue weighted by Gasteiger charge is -2.18. The fourth-order valence-corrected chi connectivity index (χ4v) is 2.55. The van der Waals surface area contributed by atoms with Crippen LogP contribution in [0.25, 0.3) is 0 Å². The van der Waals surface area contributed by atoms with Gasteiger partial charge in [-0.3, -0.25) is 0 Å². The van der Waals surface area contributed by atoms with E-state index in [2.05, 4.69) is 12.2 Å². The number of benzene rings is 1. The summed E-state index contributed by atoms with van der Waals surface area (Å²) in [4.78, 5) is 0. The van der Waals surface area contributed by atoms with Gasteiger partial charge in [-0.25, -0.2) is 4.39 Å². The molecule has 1 aromatic rings. The van der Waals surface area contributed by atoms with E-state index in [0.717, 1.165) is 37.1 Å². The number of rotatable bonds is 6. The maximum atomic E-state index is 13.1. The largest absolute Gasteiger partial charge is 0.488 e. The first kappa shape index (κ1) is 13.6. The molecule has 1 N–H and O–H groups in total. The third-order valence-corrected chi connectivity index (χ3v) is 3.57. The molecule has 2 nitrogen and oxygen atoms in total. The van der Waals surface area contributed by atoms with Crippen LogP contribution in [-0.2, 0) is 6.42 Å². The number of halogens is 2. The van der Waals surface area contributed by atoms with Crippen LogP contribution in [0.1, 0.15) is 25.3 Å². The maximum absolute atomic E-state index is 13.1. The highest BCUT2D eigenvalue weighted by Gasteiger charge is 2.23. The number of hydrogen-bond acceptors (Lipinski definition) is 2. The highest BCUT2D eigenvalue weighted by Crippen LogP contribution is 2.29. The van der Waals surface area contributed by atoms with E-state index in [9.17, 15) is 4.39 Å². The van der Waals surface area contributed by atoms with E-state index in [1.54, 1.807) is 12.1 Å². The Labute approximate surface area is 112 Å². The van der Waals surface area contributed by atoms with Crippen LogP contribution in [0.5, 0.6) is 5.75 Å². The van der Waals surface area contributed by atoms with E-state index in [1.807, 2.05) is 0 Å². The number of alkyl halides is 1. The number of fused-ring (bicyclic) bond motifs is 1. The summed E-state index contributed by atoms with van der Waals surface area (Å²) in [6.45, 7) is 2.93. The Morgan fingerprint density at radius 2 is 2.39 bits per heavy atom. The summed E-state index contributed by atoms with van der Waals surface area (Å²) in [5, 5.41) is 3.46. The molecule has 0 saturated carbocycles. The second kappa shape index (κ2) is 6.39. The van der Waals surface area contributed by atoms with Gasteiger partial charge in [-0.1, -0.05) is 6.92 Å². The summed E-state index contributed by atoms with van der Waals surface area (Å²) < 4.78 is 18.8. The van der Waals surface area contributed by atoms with Gasteiger partial charge in [0, 0.05) is 30.5 Å². The molecule has 100 valence electrons. The Bertz CT molecular complexity index is 399. The van der Waals surface area contributed by atoms with E-state index in [4.69, 9.17) is 16.3 Å². The van der Waals surface area contributed by atoms with Crippen molar-refractivity contribution in [1.29, 1.82) is 0 Å². The summed E-state index contributed by atoms with van der Waals surface area (Å²) in [6.07, 6.45) is 2.90. The first-order chi connectivity index (χ1) is 8.72. The molecule has 1 heterocycles. The molecule has 18 heavy (non-hydrogen) atoms. The SMILES string of the molecule is CCC(CCCl)NCC1Cc2cc(F)ccc2O1. The van der Waals surface area contributed by atoms with Gasteiger partial charge in [0.2, 0.25) is 0 Å². The molecule has 2 rings (SSSR count). The van der Waals surface area contributed by atoms with Crippen molar-refractivity contribution in [2.45, 2.75) is 38.3 Å². The van der Waals surface area contributed by atoms with Crippen LogP contribution in [0, 0.1) is 5.82 Å². The monoisotopic (exact) mass is 271 g/mol. The molecule has 0 aliphatic carbocycles. The third-order valence-electron chi connectivity index (χ3n) is 3.35. The van der Waals surface area contributed by atoms with Crippen molar-refractivity contribution in [2.75, 3.05) is 12.4 Å². The average Bonchev–Trinajstić information content (AvgIpc) is 2.76. The number of nitrogens with one attached hydrogen (secondary N) is 1. The van der Waals surface area contributed by atoms with Crippen LogP contribution in [0.4, 0.5) is 4.39 Å². The van der Waals surface area contributed by atoms with Gasteiger partial charge < -0.3 is 10.1 Å². The van der Waals surface area contributed by atoms with E-state index in [1.165, 1.54) is 6.07 Å². The van der Waals surface area contributed by atoms with E-state index < -0.39 is 0 Å². The molecule has 0 bridgehead atoms. The lowest BCUT2D eigenvalue weighted by molar-refractivity contribution is 0.220. The van der Waals surface area contributed by atoms with Gasteiger partial charge in [-0.05, 0) is 31.0 Å². The van der Waals surface area contributed by atoms with Crippen molar-refractivity contribution < 1.29 is 9.13 Å². The van der Waals surface area contributed by atoms with Gasteiger partial charge in [-0.2, -0.15) is 0 Å². The highest BCUT2D eigenvalue weighted by atomic mass is 35.5. The fourth-order valence-electron chi connectivity index (χ4n) is 2.28. The topological polar surface area (TPSA) is 21.3 Å². The van der Waals surface area contributed by atoms with Crippen LogP contribution in [0.2, 0.25) is 0 Å². The lowest BCUT2D eigenvalue weighted by atomic mass is 10.1. The first-order valence-electron chi connectivity index (χ1n) is 6.47. The second-order valence-corrected chi connectivity index (χ2v) is 5.07. The molecule has 0 fully saturated rings. The number of hydrogen-bond donors (Lipinski definition) is 1. The van der Waals surface area contributed by atoms with Gasteiger partial charge in [0.25, 0.3) is 0 Å². The van der Waals surface area contributed by atoms with E-state index in [0.29, 0.717) is 11.9 Å². The summed E-state index contributed by atoms with van der Waals surface area (Å²) >= 11 is 5.75. The van der Waals surface area contributed by atoms with Crippen molar-refractivity contribution >= 4 is 11.6 Å². The standard InChI is InChI=1S/C14H19ClFNO/c1-2-12(5-6-15)17-9-13-8-10-7-11(16)3-4-14(10)18-13/h3-4,7,12-13,17H,2,5-6,8-9H2,1H3. The van der Waals surface area contributed by atoms with Crippen molar-refractivity contribution in [1.82, 2.24) is 5.32 Å². The average molecular weight is 272 g/mol. The van der Waals surface area contributed by atoms with Crippen molar-refractivity contribution in [3.05, 3.63) is 29.6 Å². The Morgan fingerprint density at radius 3 is 3.11 bits per heavy atom. The summed E-state index contributed by atoms with van der Waals surface area (Å²) in [6, 6.07) is 5.15. The van der Waals surface area contributed by atoms with Crippen molar-refractivity contribution in [3.8, 4) is 5.75 Å². The molecular formula is C14H19ClFNO. The number of ether oxygens (including phenoxy) is 1. The van der Waals surface area contributed by atoms with E-state index >= 15 is 0 Å². The molecule has 2 atom stereocenters. The maximum Gasteiger partial charge on any atom is 0.123 e. The minimum absolute atomic E-state index is 0.103. The molecule has 1 aromatic carbocycles. The zero-order valence-electron chi connectivity index (χ0n) is 10.6. The molecule has 1 aliphatic heterocycles. The smallest absolute Gasteiger partial charge is 0.123 e. The molecule has 4 heteroatoms. The lowest BCUT2D eigenvalue weighted by Crippen LogP contribution is -2.37. The normalized spacial score (nSPS) is 19.4. The molecular weight excluding hydrogens is 253 g/mol. The van der Waals surface area contributed by atoms with Gasteiger partial charge >= 0.3 is 0 Å².